The SMILES string of the molecule is O=C(/C=C/c1cc(Cl)c2c(c1)OCCO2)Nc1ccc(F)cc1. The Labute approximate surface area is 137 Å². The standard InChI is InChI=1S/C17H13ClFNO3/c18-14-9-11(10-15-17(14)23-8-7-22-15)1-6-16(21)20-13-4-2-12(19)3-5-13/h1-6,9-10H,7-8H2,(H,20,21)/b6-1+. The van der Waals surface area contributed by atoms with Crippen molar-refractivity contribution in [3.63, 3.8) is 0 Å². The number of amides is 1. The van der Waals surface area contributed by atoms with Crippen molar-refractivity contribution in [2.24, 2.45) is 0 Å². The van der Waals surface area contributed by atoms with Crippen molar-refractivity contribution in [2.75, 3.05) is 18.5 Å². The molecule has 6 heteroatoms. The first-order valence-electron chi connectivity index (χ1n) is 6.95. The first-order valence-corrected chi connectivity index (χ1v) is 7.33. The minimum absolute atomic E-state index is 0.331. The third-order valence-corrected chi connectivity index (χ3v) is 3.44. The topological polar surface area (TPSA) is 47.6 Å². The molecule has 0 saturated heterocycles. The summed E-state index contributed by atoms with van der Waals surface area (Å²) in [6.07, 6.45) is 2.98. The third-order valence-electron chi connectivity index (χ3n) is 3.16. The fourth-order valence-electron chi connectivity index (χ4n) is 2.12. The van der Waals surface area contributed by atoms with Crippen molar-refractivity contribution in [2.45, 2.75) is 0 Å². The highest BCUT2D eigenvalue weighted by Gasteiger charge is 2.15. The lowest BCUT2D eigenvalue weighted by molar-refractivity contribution is -0.111. The van der Waals surface area contributed by atoms with Gasteiger partial charge in [0.1, 0.15) is 19.0 Å². The van der Waals surface area contributed by atoms with Gasteiger partial charge in [-0.25, -0.2) is 4.39 Å². The number of benzene rings is 2. The van der Waals surface area contributed by atoms with Crippen LogP contribution in [0.3, 0.4) is 0 Å². The summed E-state index contributed by atoms with van der Waals surface area (Å²) in [5.74, 6) is 0.389. The first kappa shape index (κ1) is 15.4. The van der Waals surface area contributed by atoms with Gasteiger partial charge in [0.05, 0.1) is 5.02 Å². The number of nitrogens with one attached hydrogen (secondary N) is 1. The fourth-order valence-corrected chi connectivity index (χ4v) is 2.39. The molecule has 0 spiro atoms. The summed E-state index contributed by atoms with van der Waals surface area (Å²) in [6.45, 7) is 0.920. The van der Waals surface area contributed by atoms with E-state index >= 15 is 0 Å². The average Bonchev–Trinajstić information content (AvgIpc) is 2.55. The van der Waals surface area contributed by atoms with Gasteiger partial charge in [-0.05, 0) is 48.0 Å². The van der Waals surface area contributed by atoms with Crippen molar-refractivity contribution in [1.29, 1.82) is 0 Å². The Morgan fingerprint density at radius 3 is 2.70 bits per heavy atom. The number of halogens is 2. The maximum absolute atomic E-state index is 12.8. The van der Waals surface area contributed by atoms with E-state index in [-0.39, 0.29) is 11.7 Å². The molecular formula is C17H13ClFNO3. The zero-order valence-electron chi connectivity index (χ0n) is 12.0. The molecule has 3 rings (SSSR count). The minimum atomic E-state index is -0.357. The summed E-state index contributed by atoms with van der Waals surface area (Å²) >= 11 is 6.13. The van der Waals surface area contributed by atoms with Crippen LogP contribution in [0.5, 0.6) is 11.5 Å². The van der Waals surface area contributed by atoms with Gasteiger partial charge in [-0.2, -0.15) is 0 Å². The molecule has 4 nitrogen and oxygen atoms in total. The van der Waals surface area contributed by atoms with Gasteiger partial charge in [0.25, 0.3) is 0 Å². The minimum Gasteiger partial charge on any atom is -0.486 e. The molecular weight excluding hydrogens is 321 g/mol. The van der Waals surface area contributed by atoms with Crippen LogP contribution in [0.25, 0.3) is 6.08 Å². The van der Waals surface area contributed by atoms with Crippen LogP contribution in [-0.2, 0) is 4.79 Å². The second-order valence-electron chi connectivity index (χ2n) is 4.86. The Balaban J connectivity index is 1.71. The predicted octanol–water partition coefficient (Wildman–Crippen LogP) is 3.90. The molecule has 0 aromatic heterocycles. The van der Waals surface area contributed by atoms with Gasteiger partial charge in [0, 0.05) is 11.8 Å². The molecule has 0 unspecified atom stereocenters. The molecule has 0 fully saturated rings. The molecule has 1 heterocycles. The highest BCUT2D eigenvalue weighted by Crippen LogP contribution is 2.38. The van der Waals surface area contributed by atoms with Crippen LogP contribution >= 0.6 is 11.6 Å². The van der Waals surface area contributed by atoms with Crippen LogP contribution in [0.4, 0.5) is 10.1 Å². The molecule has 1 amide bonds. The number of fused-ring (bicyclic) bond motifs is 1. The van der Waals surface area contributed by atoms with Gasteiger partial charge in [0.2, 0.25) is 5.91 Å². The fraction of sp³-hybridized carbons (Fsp3) is 0.118. The summed E-state index contributed by atoms with van der Waals surface area (Å²) in [7, 11) is 0. The van der Waals surface area contributed by atoms with Gasteiger partial charge >= 0.3 is 0 Å². The second kappa shape index (κ2) is 6.71. The van der Waals surface area contributed by atoms with Crippen LogP contribution in [0.2, 0.25) is 5.02 Å². The monoisotopic (exact) mass is 333 g/mol. The summed E-state index contributed by atoms with van der Waals surface area (Å²) in [6, 6.07) is 8.97. The lowest BCUT2D eigenvalue weighted by atomic mass is 10.1. The van der Waals surface area contributed by atoms with Crippen LogP contribution < -0.4 is 14.8 Å². The van der Waals surface area contributed by atoms with Crippen LogP contribution in [0.15, 0.2) is 42.5 Å². The molecule has 0 saturated carbocycles. The number of rotatable bonds is 3. The molecule has 0 bridgehead atoms. The number of hydrogen-bond acceptors (Lipinski definition) is 3. The number of carbonyl (C=O) groups excluding carboxylic acids is 1. The van der Waals surface area contributed by atoms with Gasteiger partial charge < -0.3 is 14.8 Å². The van der Waals surface area contributed by atoms with Gasteiger partial charge in [-0.3, -0.25) is 4.79 Å². The van der Waals surface area contributed by atoms with E-state index in [4.69, 9.17) is 21.1 Å². The largest absolute Gasteiger partial charge is 0.486 e. The Morgan fingerprint density at radius 2 is 1.91 bits per heavy atom. The summed E-state index contributed by atoms with van der Waals surface area (Å²) in [4.78, 5) is 11.9. The summed E-state index contributed by atoms with van der Waals surface area (Å²) in [5.41, 5.74) is 1.23. The van der Waals surface area contributed by atoms with E-state index in [9.17, 15) is 9.18 Å². The van der Waals surface area contributed by atoms with E-state index in [1.54, 1.807) is 18.2 Å². The molecule has 0 aliphatic carbocycles. The quantitative estimate of drug-likeness (QED) is 0.866. The normalized spacial score (nSPS) is 13.1. The molecule has 2 aromatic carbocycles. The van der Waals surface area contributed by atoms with Crippen molar-refractivity contribution in [3.8, 4) is 11.5 Å². The Bertz CT molecular complexity index is 759. The van der Waals surface area contributed by atoms with Gasteiger partial charge in [-0.1, -0.05) is 11.6 Å². The average molecular weight is 334 g/mol. The molecule has 23 heavy (non-hydrogen) atoms. The van der Waals surface area contributed by atoms with E-state index in [0.29, 0.717) is 41.0 Å². The lowest BCUT2D eigenvalue weighted by Gasteiger charge is -2.19. The smallest absolute Gasteiger partial charge is 0.248 e. The summed E-state index contributed by atoms with van der Waals surface area (Å²) in [5, 5.41) is 3.07. The maximum Gasteiger partial charge on any atom is 0.248 e. The number of carbonyl (C=O) groups is 1. The highest BCUT2D eigenvalue weighted by molar-refractivity contribution is 6.32. The Hall–Kier alpha value is -2.53. The molecule has 2 aromatic rings. The third kappa shape index (κ3) is 3.81. The summed E-state index contributed by atoms with van der Waals surface area (Å²) < 4.78 is 23.7. The van der Waals surface area contributed by atoms with Crippen LogP contribution in [0, 0.1) is 5.82 Å². The van der Waals surface area contributed by atoms with Crippen molar-refractivity contribution >= 4 is 29.3 Å². The Kier molecular flexibility index (Phi) is 4.48. The molecule has 0 radical (unpaired) electrons. The van der Waals surface area contributed by atoms with E-state index in [0.717, 1.165) is 0 Å². The molecule has 1 aliphatic rings. The van der Waals surface area contributed by atoms with E-state index < -0.39 is 0 Å². The van der Waals surface area contributed by atoms with E-state index in [2.05, 4.69) is 5.32 Å². The van der Waals surface area contributed by atoms with Crippen molar-refractivity contribution in [3.05, 3.63) is 58.9 Å². The van der Waals surface area contributed by atoms with E-state index in [1.807, 2.05) is 0 Å². The number of ether oxygens (including phenoxy) is 2. The zero-order chi connectivity index (χ0) is 16.2. The predicted molar refractivity (Wildman–Crippen MR) is 86.5 cm³/mol. The second-order valence-corrected chi connectivity index (χ2v) is 5.26. The van der Waals surface area contributed by atoms with Crippen LogP contribution in [-0.4, -0.2) is 19.1 Å². The molecule has 118 valence electrons. The van der Waals surface area contributed by atoms with Crippen molar-refractivity contribution in [1.82, 2.24) is 0 Å². The molecule has 0 atom stereocenters. The van der Waals surface area contributed by atoms with Gasteiger partial charge in [-0.15, -0.1) is 0 Å². The molecule has 1 N–H and O–H groups in total. The zero-order valence-corrected chi connectivity index (χ0v) is 12.8. The maximum atomic E-state index is 12.8. The lowest BCUT2D eigenvalue weighted by Crippen LogP contribution is -2.15. The first-order chi connectivity index (χ1) is 11.1. The number of hydrogen-bond donors (Lipinski definition) is 1. The van der Waals surface area contributed by atoms with Gasteiger partial charge in [0.15, 0.2) is 11.5 Å². The highest BCUT2D eigenvalue weighted by atomic mass is 35.5. The van der Waals surface area contributed by atoms with E-state index in [1.165, 1.54) is 30.3 Å². The van der Waals surface area contributed by atoms with Crippen molar-refractivity contribution < 1.29 is 18.7 Å². The Morgan fingerprint density at radius 1 is 1.17 bits per heavy atom. The molecule has 1 aliphatic heterocycles. The van der Waals surface area contributed by atoms with Crippen LogP contribution in [0.1, 0.15) is 5.56 Å². The number of anilines is 1.